The molecule has 0 atom stereocenters. The van der Waals surface area contributed by atoms with Crippen LogP contribution in [0.3, 0.4) is 0 Å². The molecule has 0 heterocycles. The van der Waals surface area contributed by atoms with Gasteiger partial charge in [-0.3, -0.25) is 0 Å². The van der Waals surface area contributed by atoms with E-state index in [9.17, 15) is 8.42 Å². The Morgan fingerprint density at radius 3 is 2.33 bits per heavy atom. The Bertz CT molecular complexity index is 363. The van der Waals surface area contributed by atoms with Gasteiger partial charge in [0.15, 0.2) is 9.84 Å². The molecule has 1 aliphatic rings. The summed E-state index contributed by atoms with van der Waals surface area (Å²) in [4.78, 5) is 0.434. The summed E-state index contributed by atoms with van der Waals surface area (Å²) in [5.74, 6) is 0. The molecule has 0 unspecified atom stereocenters. The molecular formula is C9H9O2S. The fourth-order valence-electron chi connectivity index (χ4n) is 1.13. The number of rotatable bonds is 2. The minimum atomic E-state index is -2.99. The standard InChI is InChI=1S/C9H9O2S/c10-12(11,9-6-7-9)8-4-2-1-3-5-8/h2-5,9H,6-7H2. The van der Waals surface area contributed by atoms with Crippen LogP contribution in [0.4, 0.5) is 0 Å². The minimum absolute atomic E-state index is 0.111. The molecule has 3 heteroatoms. The van der Waals surface area contributed by atoms with Gasteiger partial charge in [-0.1, -0.05) is 12.1 Å². The highest BCUT2D eigenvalue weighted by molar-refractivity contribution is 7.92. The van der Waals surface area contributed by atoms with Crippen LogP contribution in [0.25, 0.3) is 0 Å². The van der Waals surface area contributed by atoms with Crippen LogP contribution in [0.5, 0.6) is 0 Å². The number of sulfone groups is 1. The summed E-state index contributed by atoms with van der Waals surface area (Å²) in [7, 11) is -2.99. The van der Waals surface area contributed by atoms with E-state index in [0.29, 0.717) is 4.90 Å². The largest absolute Gasteiger partial charge is 0.223 e. The molecule has 0 bridgehead atoms. The highest BCUT2D eigenvalue weighted by atomic mass is 32.2. The Kier molecular flexibility index (Phi) is 1.68. The molecule has 1 radical (unpaired) electrons. The monoisotopic (exact) mass is 181 g/mol. The van der Waals surface area contributed by atoms with Crippen molar-refractivity contribution in [2.24, 2.45) is 0 Å². The molecule has 1 aromatic carbocycles. The van der Waals surface area contributed by atoms with Crippen molar-refractivity contribution >= 4 is 9.84 Å². The van der Waals surface area contributed by atoms with Crippen molar-refractivity contribution < 1.29 is 8.42 Å². The lowest BCUT2D eigenvalue weighted by Crippen LogP contribution is -2.06. The van der Waals surface area contributed by atoms with Crippen molar-refractivity contribution in [3.63, 3.8) is 0 Å². The fraction of sp³-hybridized carbons (Fsp3) is 0.333. The first-order valence-corrected chi connectivity index (χ1v) is 5.46. The van der Waals surface area contributed by atoms with Crippen molar-refractivity contribution in [3.05, 3.63) is 30.3 Å². The molecule has 0 aliphatic heterocycles. The zero-order chi connectivity index (χ0) is 8.60. The van der Waals surface area contributed by atoms with Crippen molar-refractivity contribution in [2.75, 3.05) is 0 Å². The molecule has 0 amide bonds. The SMILES string of the molecule is O=S(=O)(c1cc[c]cc1)C1CC1. The number of benzene rings is 1. The summed E-state index contributed by atoms with van der Waals surface area (Å²) >= 11 is 0. The fourth-order valence-corrected chi connectivity index (χ4v) is 2.79. The molecule has 1 aromatic rings. The van der Waals surface area contributed by atoms with Gasteiger partial charge in [0.25, 0.3) is 0 Å². The van der Waals surface area contributed by atoms with Crippen LogP contribution in [-0.4, -0.2) is 13.7 Å². The van der Waals surface area contributed by atoms with E-state index in [0.717, 1.165) is 12.8 Å². The van der Waals surface area contributed by atoms with E-state index >= 15 is 0 Å². The molecule has 1 saturated carbocycles. The molecule has 0 saturated heterocycles. The van der Waals surface area contributed by atoms with Crippen molar-refractivity contribution in [3.8, 4) is 0 Å². The molecule has 2 rings (SSSR count). The molecule has 0 spiro atoms. The van der Waals surface area contributed by atoms with Crippen molar-refractivity contribution in [2.45, 2.75) is 23.0 Å². The first kappa shape index (κ1) is 7.80. The molecule has 0 N–H and O–H groups in total. The Balaban J connectivity index is 2.42. The molecule has 0 aromatic heterocycles. The highest BCUT2D eigenvalue weighted by Crippen LogP contribution is 2.32. The predicted octanol–water partition coefficient (Wildman–Crippen LogP) is 1.42. The Morgan fingerprint density at radius 2 is 1.83 bits per heavy atom. The van der Waals surface area contributed by atoms with Crippen LogP contribution in [0.1, 0.15) is 12.8 Å². The van der Waals surface area contributed by atoms with E-state index in [4.69, 9.17) is 0 Å². The third-order valence-electron chi connectivity index (χ3n) is 1.98. The average Bonchev–Trinajstić information content (AvgIpc) is 2.88. The maximum atomic E-state index is 11.6. The van der Waals surface area contributed by atoms with Gasteiger partial charge in [0, 0.05) is 0 Å². The van der Waals surface area contributed by atoms with Gasteiger partial charge in [0.1, 0.15) is 0 Å². The maximum absolute atomic E-state index is 11.6. The van der Waals surface area contributed by atoms with E-state index in [-0.39, 0.29) is 5.25 Å². The van der Waals surface area contributed by atoms with Crippen molar-refractivity contribution in [1.82, 2.24) is 0 Å². The van der Waals surface area contributed by atoms with E-state index in [1.807, 2.05) is 0 Å². The van der Waals surface area contributed by atoms with Gasteiger partial charge in [0.05, 0.1) is 10.1 Å². The molecule has 1 fully saturated rings. The van der Waals surface area contributed by atoms with Crippen LogP contribution in [0, 0.1) is 6.07 Å². The smallest absolute Gasteiger partial charge is 0.181 e. The molecule has 12 heavy (non-hydrogen) atoms. The second kappa shape index (κ2) is 2.59. The van der Waals surface area contributed by atoms with Crippen LogP contribution in [0.2, 0.25) is 0 Å². The molecule has 2 nitrogen and oxygen atoms in total. The summed E-state index contributed by atoms with van der Waals surface area (Å²) in [6.45, 7) is 0. The topological polar surface area (TPSA) is 34.1 Å². The van der Waals surface area contributed by atoms with Crippen molar-refractivity contribution in [1.29, 1.82) is 0 Å². The normalized spacial score (nSPS) is 17.7. The minimum Gasteiger partial charge on any atom is -0.223 e. The van der Waals surface area contributed by atoms with E-state index < -0.39 is 9.84 Å². The lowest BCUT2D eigenvalue weighted by atomic mass is 10.4. The summed E-state index contributed by atoms with van der Waals surface area (Å²) in [6.07, 6.45) is 1.64. The quantitative estimate of drug-likeness (QED) is 0.691. The third-order valence-corrected chi connectivity index (χ3v) is 4.26. The lowest BCUT2D eigenvalue weighted by molar-refractivity contribution is 0.595. The summed E-state index contributed by atoms with van der Waals surface area (Å²) < 4.78 is 23.2. The second-order valence-corrected chi connectivity index (χ2v) is 5.21. The highest BCUT2D eigenvalue weighted by Gasteiger charge is 2.36. The first-order chi connectivity index (χ1) is 5.71. The Labute approximate surface area is 72.1 Å². The maximum Gasteiger partial charge on any atom is 0.181 e. The van der Waals surface area contributed by atoms with E-state index in [2.05, 4.69) is 6.07 Å². The predicted molar refractivity (Wildman–Crippen MR) is 45.5 cm³/mol. The average molecular weight is 181 g/mol. The first-order valence-electron chi connectivity index (χ1n) is 3.91. The van der Waals surface area contributed by atoms with Crippen LogP contribution < -0.4 is 0 Å². The van der Waals surface area contributed by atoms with E-state index in [1.165, 1.54) is 0 Å². The van der Waals surface area contributed by atoms with Gasteiger partial charge in [-0.05, 0) is 31.0 Å². The van der Waals surface area contributed by atoms with Crippen LogP contribution in [-0.2, 0) is 9.84 Å². The Hall–Kier alpha value is -0.830. The summed E-state index contributed by atoms with van der Waals surface area (Å²) in [5.41, 5.74) is 0. The third kappa shape index (κ3) is 1.25. The number of hydrogen-bond acceptors (Lipinski definition) is 2. The molecule has 63 valence electrons. The zero-order valence-electron chi connectivity index (χ0n) is 6.53. The van der Waals surface area contributed by atoms with Crippen LogP contribution in [0.15, 0.2) is 29.2 Å². The van der Waals surface area contributed by atoms with Gasteiger partial charge in [-0.25, -0.2) is 8.42 Å². The van der Waals surface area contributed by atoms with Gasteiger partial charge < -0.3 is 0 Å². The summed E-state index contributed by atoms with van der Waals surface area (Å²) in [6, 6.07) is 9.28. The zero-order valence-corrected chi connectivity index (χ0v) is 7.34. The number of hydrogen-bond donors (Lipinski definition) is 0. The second-order valence-electron chi connectivity index (χ2n) is 2.98. The van der Waals surface area contributed by atoms with Gasteiger partial charge >= 0.3 is 0 Å². The molecular weight excluding hydrogens is 172 g/mol. The lowest BCUT2D eigenvalue weighted by Gasteiger charge is -1.99. The summed E-state index contributed by atoms with van der Waals surface area (Å²) in [5, 5.41) is -0.111. The Morgan fingerprint density at radius 1 is 1.25 bits per heavy atom. The van der Waals surface area contributed by atoms with Gasteiger partial charge in [0.2, 0.25) is 0 Å². The van der Waals surface area contributed by atoms with Crippen LogP contribution >= 0.6 is 0 Å². The molecule has 1 aliphatic carbocycles. The van der Waals surface area contributed by atoms with Gasteiger partial charge in [-0.2, -0.15) is 0 Å². The van der Waals surface area contributed by atoms with E-state index in [1.54, 1.807) is 24.3 Å². The van der Waals surface area contributed by atoms with Gasteiger partial charge in [-0.15, -0.1) is 0 Å².